The second-order valence-electron chi connectivity index (χ2n) is 4.81. The second kappa shape index (κ2) is 5.39. The molecule has 0 bridgehead atoms. The van der Waals surface area contributed by atoms with Crippen LogP contribution >= 0.6 is 0 Å². The van der Waals surface area contributed by atoms with Crippen molar-refractivity contribution in [2.24, 2.45) is 0 Å². The van der Waals surface area contributed by atoms with E-state index < -0.39 is 0 Å². The zero-order chi connectivity index (χ0) is 11.8. The normalized spacial score (nSPS) is 16.1. The van der Waals surface area contributed by atoms with Crippen LogP contribution in [0.15, 0.2) is 24.3 Å². The molecule has 1 aromatic rings. The first-order valence-corrected chi connectivity index (χ1v) is 5.77. The van der Waals surface area contributed by atoms with Crippen LogP contribution in [0.25, 0.3) is 5.57 Å². The molecule has 17 heavy (non-hydrogen) atoms. The summed E-state index contributed by atoms with van der Waals surface area (Å²) in [5, 5.41) is 3.50. The summed E-state index contributed by atoms with van der Waals surface area (Å²) in [6.45, 7) is 9.22. The van der Waals surface area contributed by atoms with Crippen molar-refractivity contribution in [2.75, 3.05) is 11.9 Å². The van der Waals surface area contributed by atoms with Crippen molar-refractivity contribution in [3.63, 3.8) is 0 Å². The maximum atomic E-state index is 5.52. The van der Waals surface area contributed by atoms with E-state index in [1.165, 1.54) is 16.8 Å². The van der Waals surface area contributed by atoms with Crippen molar-refractivity contribution in [3.8, 4) is 5.75 Å². The van der Waals surface area contributed by atoms with Crippen LogP contribution in [0.2, 0.25) is 0 Å². The zero-order valence-corrected chi connectivity index (χ0v) is 16.6. The molecular formula is C14H22BiNO. The molecule has 1 aliphatic rings. The Bertz CT molecular complexity index is 438. The molecular weight excluding hydrogens is 407 g/mol. The summed E-state index contributed by atoms with van der Waals surface area (Å²) in [5.74, 6) is 0.940. The van der Waals surface area contributed by atoms with E-state index in [0.29, 0.717) is 6.61 Å². The van der Waals surface area contributed by atoms with Gasteiger partial charge in [0.15, 0.2) is 0 Å². The minimum atomic E-state index is 0. The van der Waals surface area contributed by atoms with Crippen LogP contribution in [0.3, 0.4) is 0 Å². The first-order chi connectivity index (χ1) is 7.52. The van der Waals surface area contributed by atoms with E-state index in [-0.39, 0.29) is 31.7 Å². The molecule has 1 N–H and O–H groups in total. The fourth-order valence-electron chi connectivity index (χ4n) is 2.22. The van der Waals surface area contributed by atoms with Crippen molar-refractivity contribution in [2.45, 2.75) is 33.2 Å². The molecule has 3 heteroatoms. The van der Waals surface area contributed by atoms with Gasteiger partial charge in [-0.15, -0.1) is 0 Å². The Morgan fingerprint density at radius 1 is 1.29 bits per heavy atom. The number of allylic oxidation sites excluding steroid dienone is 1. The number of anilines is 1. The standard InChI is InChI=1S/C14H19NO.Bi.3H/c1-5-16-11-6-7-13-12(8-11)10(2)9-14(3,4)15-13;;;;/h6-9,15H,5H2,1-4H3;;;;. The molecule has 0 amide bonds. The van der Waals surface area contributed by atoms with E-state index in [4.69, 9.17) is 4.74 Å². The van der Waals surface area contributed by atoms with E-state index in [1.807, 2.05) is 13.0 Å². The summed E-state index contributed by atoms with van der Waals surface area (Å²) < 4.78 is 5.52. The Labute approximate surface area is 123 Å². The minimum absolute atomic E-state index is 0. The van der Waals surface area contributed by atoms with Gasteiger partial charge < -0.3 is 10.1 Å². The number of rotatable bonds is 2. The van der Waals surface area contributed by atoms with E-state index in [9.17, 15) is 0 Å². The molecule has 2 rings (SSSR count). The quantitative estimate of drug-likeness (QED) is 0.730. The topological polar surface area (TPSA) is 21.3 Å². The molecule has 0 aliphatic carbocycles. The van der Waals surface area contributed by atoms with Gasteiger partial charge in [0.05, 0.1) is 12.1 Å². The average molecular weight is 429 g/mol. The maximum absolute atomic E-state index is 5.52. The molecule has 1 aliphatic heterocycles. The SMILES string of the molecule is CCOc1ccc2c(c1)C(C)=CC(C)(C)N2.[BiH3]. The first-order valence-electron chi connectivity index (χ1n) is 5.77. The predicted molar refractivity (Wildman–Crippen MR) is 78.9 cm³/mol. The summed E-state index contributed by atoms with van der Waals surface area (Å²) >= 11 is 0. The third-order valence-electron chi connectivity index (χ3n) is 2.76. The Morgan fingerprint density at radius 2 is 2.00 bits per heavy atom. The van der Waals surface area contributed by atoms with E-state index >= 15 is 0 Å². The molecule has 1 heterocycles. The summed E-state index contributed by atoms with van der Waals surface area (Å²) in [6, 6.07) is 6.22. The number of hydrogen-bond acceptors (Lipinski definition) is 2. The van der Waals surface area contributed by atoms with Crippen LogP contribution in [0.1, 0.15) is 33.3 Å². The van der Waals surface area contributed by atoms with Crippen molar-refractivity contribution >= 4 is 37.5 Å². The monoisotopic (exact) mass is 429 g/mol. The van der Waals surface area contributed by atoms with E-state index in [0.717, 1.165) is 5.75 Å². The van der Waals surface area contributed by atoms with Gasteiger partial charge in [0.2, 0.25) is 0 Å². The van der Waals surface area contributed by atoms with Gasteiger partial charge in [-0.3, -0.25) is 0 Å². The fourth-order valence-corrected chi connectivity index (χ4v) is 2.22. The first kappa shape index (κ1) is 14.5. The van der Waals surface area contributed by atoms with Crippen LogP contribution in [-0.2, 0) is 0 Å². The molecule has 0 aromatic heterocycles. The van der Waals surface area contributed by atoms with Gasteiger partial charge in [-0.25, -0.2) is 0 Å². The van der Waals surface area contributed by atoms with Crippen LogP contribution in [-0.4, -0.2) is 38.3 Å². The second-order valence-corrected chi connectivity index (χ2v) is 4.81. The van der Waals surface area contributed by atoms with Crippen LogP contribution in [0.4, 0.5) is 5.69 Å². The van der Waals surface area contributed by atoms with Crippen LogP contribution < -0.4 is 10.1 Å². The molecule has 1 aromatic carbocycles. The summed E-state index contributed by atoms with van der Waals surface area (Å²) in [6.07, 6.45) is 2.26. The molecule has 0 fully saturated rings. The van der Waals surface area contributed by atoms with Crippen molar-refractivity contribution in [1.29, 1.82) is 0 Å². The molecule has 0 radical (unpaired) electrons. The molecule has 2 nitrogen and oxygen atoms in total. The van der Waals surface area contributed by atoms with Gasteiger partial charge in [-0.1, -0.05) is 6.08 Å². The average Bonchev–Trinajstić information content (AvgIpc) is 2.18. The number of hydrogen-bond donors (Lipinski definition) is 1. The molecule has 0 unspecified atom stereocenters. The van der Waals surface area contributed by atoms with Gasteiger partial charge in [-0.2, -0.15) is 0 Å². The van der Waals surface area contributed by atoms with Gasteiger partial charge in [-0.05, 0) is 51.5 Å². The van der Waals surface area contributed by atoms with E-state index in [1.54, 1.807) is 0 Å². The molecule has 0 atom stereocenters. The summed E-state index contributed by atoms with van der Waals surface area (Å²) in [5.41, 5.74) is 3.77. The Kier molecular flexibility index (Phi) is 4.60. The fraction of sp³-hybridized carbons (Fsp3) is 0.429. The van der Waals surface area contributed by atoms with Gasteiger partial charge >= 0.3 is 26.2 Å². The number of ether oxygens (including phenoxy) is 1. The van der Waals surface area contributed by atoms with Crippen molar-refractivity contribution < 1.29 is 4.74 Å². The molecule has 0 saturated carbocycles. The zero-order valence-electron chi connectivity index (χ0n) is 11.1. The van der Waals surface area contributed by atoms with Gasteiger partial charge in [0.1, 0.15) is 5.75 Å². The number of nitrogens with one attached hydrogen (secondary N) is 1. The van der Waals surface area contributed by atoms with Crippen LogP contribution in [0.5, 0.6) is 5.75 Å². The Hall–Kier alpha value is -0.557. The predicted octanol–water partition coefficient (Wildman–Crippen LogP) is 2.51. The third-order valence-corrected chi connectivity index (χ3v) is 2.76. The number of benzene rings is 1. The molecule has 94 valence electrons. The van der Waals surface area contributed by atoms with Crippen molar-refractivity contribution in [3.05, 3.63) is 29.8 Å². The van der Waals surface area contributed by atoms with Gasteiger partial charge in [0.25, 0.3) is 0 Å². The Morgan fingerprint density at radius 3 is 2.65 bits per heavy atom. The summed E-state index contributed by atoms with van der Waals surface area (Å²) in [7, 11) is 0. The van der Waals surface area contributed by atoms with Gasteiger partial charge in [0, 0.05) is 11.3 Å². The third kappa shape index (κ3) is 3.22. The molecule has 0 spiro atoms. The van der Waals surface area contributed by atoms with Crippen LogP contribution in [0, 0.1) is 0 Å². The summed E-state index contributed by atoms with van der Waals surface area (Å²) in [4.78, 5) is 0. The number of fused-ring (bicyclic) bond motifs is 1. The van der Waals surface area contributed by atoms with E-state index in [2.05, 4.69) is 44.3 Å². The molecule has 0 saturated heterocycles. The Balaban J connectivity index is 0.00000144. The van der Waals surface area contributed by atoms with Crippen molar-refractivity contribution in [1.82, 2.24) is 0 Å².